The first kappa shape index (κ1) is 18.9. The Kier molecular flexibility index (Phi) is 6.53. The Bertz CT molecular complexity index is 827. The number of nitrogens with one attached hydrogen (secondary N) is 2. The van der Waals surface area contributed by atoms with Gasteiger partial charge in [-0.1, -0.05) is 11.6 Å². The average molecular weight is 475 g/mol. The van der Waals surface area contributed by atoms with Crippen LogP contribution in [0.1, 0.15) is 5.56 Å². The maximum atomic E-state index is 11.7. The fourth-order valence-electron chi connectivity index (χ4n) is 1.81. The molecule has 0 aromatic heterocycles. The van der Waals surface area contributed by atoms with Crippen molar-refractivity contribution in [2.24, 2.45) is 5.10 Å². The number of hydrogen-bond acceptors (Lipinski definition) is 6. The third-order valence-electron chi connectivity index (χ3n) is 2.97. The van der Waals surface area contributed by atoms with Crippen LogP contribution in [0.4, 0.5) is 11.4 Å². The highest BCUT2D eigenvalue weighted by Gasteiger charge is 2.17. The number of carbonyl (C=O) groups excluding carboxylic acids is 1. The van der Waals surface area contributed by atoms with Crippen LogP contribution in [0.2, 0.25) is 5.02 Å². The summed E-state index contributed by atoms with van der Waals surface area (Å²) >= 11 is 7.94. The Morgan fingerprint density at radius 3 is 2.68 bits per heavy atom. The monoisotopic (exact) mass is 474 g/mol. The first-order chi connectivity index (χ1) is 11.9. The van der Waals surface area contributed by atoms with Gasteiger partial charge >= 0.3 is 5.69 Å². The quantitative estimate of drug-likeness (QED) is 0.257. The maximum absolute atomic E-state index is 11.7. The summed E-state index contributed by atoms with van der Waals surface area (Å²) in [7, 11) is 0. The number of phenols is 1. The topological polar surface area (TPSA) is 117 Å². The van der Waals surface area contributed by atoms with Crippen molar-refractivity contribution in [1.29, 1.82) is 0 Å². The molecule has 130 valence electrons. The molecule has 0 spiro atoms. The normalized spacial score (nSPS) is 10.6. The summed E-state index contributed by atoms with van der Waals surface area (Å²) in [6.07, 6.45) is 1.08. The molecule has 0 radical (unpaired) electrons. The first-order valence-electron chi connectivity index (χ1n) is 6.85. The van der Waals surface area contributed by atoms with E-state index in [0.717, 1.165) is 21.5 Å². The van der Waals surface area contributed by atoms with Gasteiger partial charge in [0.1, 0.15) is 0 Å². The summed E-state index contributed by atoms with van der Waals surface area (Å²) in [5, 5.41) is 27.3. The number of amides is 1. The van der Waals surface area contributed by atoms with E-state index in [9.17, 15) is 20.0 Å². The zero-order chi connectivity index (χ0) is 18.4. The molecule has 2 aromatic carbocycles. The van der Waals surface area contributed by atoms with Crippen molar-refractivity contribution in [3.8, 4) is 5.75 Å². The van der Waals surface area contributed by atoms with Gasteiger partial charge in [-0.05, 0) is 52.9 Å². The van der Waals surface area contributed by atoms with Crippen molar-refractivity contribution in [3.05, 3.63) is 60.7 Å². The highest BCUT2D eigenvalue weighted by Crippen LogP contribution is 2.32. The van der Waals surface area contributed by atoms with Crippen LogP contribution in [0.3, 0.4) is 0 Å². The van der Waals surface area contributed by atoms with E-state index in [1.807, 2.05) is 24.3 Å². The summed E-state index contributed by atoms with van der Waals surface area (Å²) < 4.78 is 1.08. The van der Waals surface area contributed by atoms with Crippen LogP contribution in [-0.2, 0) is 4.79 Å². The van der Waals surface area contributed by atoms with Gasteiger partial charge < -0.3 is 10.4 Å². The molecule has 0 aliphatic carbocycles. The second-order valence-corrected chi connectivity index (χ2v) is 6.46. The number of anilines is 1. The summed E-state index contributed by atoms with van der Waals surface area (Å²) in [6.45, 7) is -0.0143. The SMILES string of the molecule is O=C(CNc1ccc(I)cc1)NN=Cc1cc(Cl)cc([N+](=O)[O-])c1O. The molecule has 0 unspecified atom stereocenters. The fourth-order valence-corrected chi connectivity index (χ4v) is 2.39. The van der Waals surface area contributed by atoms with Crippen molar-refractivity contribution in [1.82, 2.24) is 5.43 Å². The number of aromatic hydroxyl groups is 1. The van der Waals surface area contributed by atoms with Crippen molar-refractivity contribution in [2.45, 2.75) is 0 Å². The molecule has 25 heavy (non-hydrogen) atoms. The van der Waals surface area contributed by atoms with Gasteiger partial charge in [-0.15, -0.1) is 0 Å². The Morgan fingerprint density at radius 2 is 2.04 bits per heavy atom. The minimum Gasteiger partial charge on any atom is -0.502 e. The lowest BCUT2D eigenvalue weighted by molar-refractivity contribution is -0.385. The van der Waals surface area contributed by atoms with Crippen LogP contribution in [-0.4, -0.2) is 28.7 Å². The Balaban J connectivity index is 1.95. The first-order valence-corrected chi connectivity index (χ1v) is 8.30. The van der Waals surface area contributed by atoms with E-state index in [4.69, 9.17) is 11.6 Å². The molecule has 8 nitrogen and oxygen atoms in total. The molecule has 0 aliphatic heterocycles. The molecule has 0 heterocycles. The number of carbonyl (C=O) groups is 1. The van der Waals surface area contributed by atoms with E-state index in [1.165, 1.54) is 6.07 Å². The molecule has 0 atom stereocenters. The summed E-state index contributed by atoms with van der Waals surface area (Å²) in [4.78, 5) is 21.8. The molecule has 0 saturated carbocycles. The molecular weight excluding hydrogens is 463 g/mol. The predicted octanol–water partition coefficient (Wildman–Crippen LogP) is 3.12. The second kappa shape index (κ2) is 8.62. The van der Waals surface area contributed by atoms with Crippen LogP contribution >= 0.6 is 34.2 Å². The number of nitro benzene ring substituents is 1. The van der Waals surface area contributed by atoms with Crippen LogP contribution in [0.5, 0.6) is 5.75 Å². The largest absolute Gasteiger partial charge is 0.502 e. The van der Waals surface area contributed by atoms with Crippen molar-refractivity contribution in [3.63, 3.8) is 0 Å². The number of nitro groups is 1. The molecule has 0 bridgehead atoms. The predicted molar refractivity (Wildman–Crippen MR) is 103 cm³/mol. The third-order valence-corrected chi connectivity index (χ3v) is 3.91. The lowest BCUT2D eigenvalue weighted by Crippen LogP contribution is -2.25. The van der Waals surface area contributed by atoms with Gasteiger partial charge in [0.05, 0.1) is 17.7 Å². The van der Waals surface area contributed by atoms with Crippen molar-refractivity contribution >= 4 is 57.7 Å². The van der Waals surface area contributed by atoms with E-state index in [1.54, 1.807) is 0 Å². The Morgan fingerprint density at radius 1 is 1.36 bits per heavy atom. The molecule has 2 rings (SSSR count). The van der Waals surface area contributed by atoms with Crippen LogP contribution in [0.15, 0.2) is 41.5 Å². The number of halogens is 2. The van der Waals surface area contributed by atoms with E-state index in [-0.39, 0.29) is 17.1 Å². The summed E-state index contributed by atoms with van der Waals surface area (Å²) in [6, 6.07) is 9.78. The average Bonchev–Trinajstić information content (AvgIpc) is 2.57. The standard InChI is InChI=1S/C15H12ClIN4O4/c16-10-5-9(15(23)13(6-10)21(24)25)7-19-20-14(22)8-18-12-3-1-11(17)2-4-12/h1-7,18,23H,8H2,(H,20,22). The molecule has 0 saturated heterocycles. The lowest BCUT2D eigenvalue weighted by Gasteiger charge is -2.05. The van der Waals surface area contributed by atoms with Crippen molar-refractivity contribution in [2.75, 3.05) is 11.9 Å². The maximum Gasteiger partial charge on any atom is 0.312 e. The van der Waals surface area contributed by atoms with Gasteiger partial charge in [-0.3, -0.25) is 14.9 Å². The van der Waals surface area contributed by atoms with Gasteiger partial charge in [-0.25, -0.2) is 5.43 Å². The smallest absolute Gasteiger partial charge is 0.312 e. The van der Waals surface area contributed by atoms with Gasteiger partial charge in [0.25, 0.3) is 5.91 Å². The number of hydrogen-bond donors (Lipinski definition) is 3. The van der Waals surface area contributed by atoms with Crippen LogP contribution in [0.25, 0.3) is 0 Å². The number of hydrazone groups is 1. The molecule has 0 fully saturated rings. The van der Waals surface area contributed by atoms with Crippen LogP contribution < -0.4 is 10.7 Å². The second-order valence-electron chi connectivity index (χ2n) is 4.77. The number of benzene rings is 2. The van der Waals surface area contributed by atoms with Gasteiger partial charge in [0, 0.05) is 25.9 Å². The van der Waals surface area contributed by atoms with E-state index >= 15 is 0 Å². The van der Waals surface area contributed by atoms with Crippen LogP contribution in [0, 0.1) is 13.7 Å². The van der Waals surface area contributed by atoms with E-state index < -0.39 is 22.3 Å². The molecule has 3 N–H and O–H groups in total. The van der Waals surface area contributed by atoms with Gasteiger partial charge in [-0.2, -0.15) is 5.10 Å². The number of nitrogens with zero attached hydrogens (tertiary/aromatic N) is 2. The fraction of sp³-hybridized carbons (Fsp3) is 0.0667. The lowest BCUT2D eigenvalue weighted by atomic mass is 10.2. The highest BCUT2D eigenvalue weighted by molar-refractivity contribution is 14.1. The molecule has 2 aromatic rings. The zero-order valence-corrected chi connectivity index (χ0v) is 15.5. The van der Waals surface area contributed by atoms with Crippen molar-refractivity contribution < 1.29 is 14.8 Å². The number of phenolic OH excluding ortho intramolecular Hbond substituents is 1. The summed E-state index contributed by atoms with van der Waals surface area (Å²) in [5.74, 6) is -1.00. The third kappa shape index (κ3) is 5.57. The Hall–Kier alpha value is -2.40. The summed E-state index contributed by atoms with van der Waals surface area (Å²) in [5.41, 5.74) is 2.51. The highest BCUT2D eigenvalue weighted by atomic mass is 127. The molecular formula is C15H12ClIN4O4. The van der Waals surface area contributed by atoms with E-state index in [2.05, 4.69) is 38.4 Å². The number of rotatable bonds is 6. The van der Waals surface area contributed by atoms with Gasteiger partial charge in [0.15, 0.2) is 0 Å². The van der Waals surface area contributed by atoms with E-state index in [0.29, 0.717) is 0 Å². The zero-order valence-electron chi connectivity index (χ0n) is 12.6. The molecule has 10 heteroatoms. The minimum atomic E-state index is -0.762. The molecule has 0 aliphatic rings. The Labute approximate surface area is 161 Å². The minimum absolute atomic E-state index is 0.0143. The van der Waals surface area contributed by atoms with Gasteiger partial charge in [0.2, 0.25) is 5.75 Å². The molecule has 1 amide bonds.